The summed E-state index contributed by atoms with van der Waals surface area (Å²) >= 11 is 1.31. The maximum absolute atomic E-state index is 10.8. The van der Waals surface area contributed by atoms with E-state index in [2.05, 4.69) is 10.2 Å². The first-order valence-corrected chi connectivity index (χ1v) is 9.68. The first-order valence-electron chi connectivity index (χ1n) is 8.69. The molecule has 3 aromatic rings. The number of rotatable bonds is 10. The minimum Gasteiger partial charge on any atom is -0.493 e. The van der Waals surface area contributed by atoms with Crippen LogP contribution in [0, 0.1) is 10.1 Å². The van der Waals surface area contributed by atoms with E-state index in [4.69, 9.17) is 23.4 Å². The second-order valence-corrected chi connectivity index (χ2v) is 6.78. The van der Waals surface area contributed by atoms with E-state index in [9.17, 15) is 10.1 Å². The number of aromatic nitrogens is 2. The number of hydrogen-bond acceptors (Lipinski definition) is 10. The van der Waals surface area contributed by atoms with Crippen molar-refractivity contribution >= 4 is 17.4 Å². The van der Waals surface area contributed by atoms with E-state index in [1.807, 2.05) is 0 Å². The molecule has 0 unspecified atom stereocenters. The van der Waals surface area contributed by atoms with Gasteiger partial charge in [0.25, 0.3) is 10.9 Å². The van der Waals surface area contributed by atoms with Crippen molar-refractivity contribution in [2.24, 2.45) is 0 Å². The summed E-state index contributed by atoms with van der Waals surface area (Å²) in [6.45, 7) is 0.313. The van der Waals surface area contributed by atoms with Gasteiger partial charge in [0.05, 0.1) is 38.9 Å². The van der Waals surface area contributed by atoms with Crippen LogP contribution >= 0.6 is 11.8 Å². The largest absolute Gasteiger partial charge is 0.493 e. The van der Waals surface area contributed by atoms with Gasteiger partial charge in [0, 0.05) is 17.4 Å². The highest BCUT2D eigenvalue weighted by molar-refractivity contribution is 7.99. The molecule has 11 heteroatoms. The van der Waals surface area contributed by atoms with Gasteiger partial charge in [-0.05, 0) is 18.2 Å². The van der Waals surface area contributed by atoms with Crippen LogP contribution in [0.1, 0.15) is 0 Å². The minimum absolute atomic E-state index is 0.0213. The van der Waals surface area contributed by atoms with Gasteiger partial charge >= 0.3 is 0 Å². The molecule has 0 saturated carbocycles. The molecule has 0 N–H and O–H groups in total. The average Bonchev–Trinajstić information content (AvgIpc) is 3.24. The molecule has 0 radical (unpaired) electrons. The van der Waals surface area contributed by atoms with E-state index in [1.54, 1.807) is 24.3 Å². The number of nitro groups is 1. The van der Waals surface area contributed by atoms with Crippen molar-refractivity contribution in [3.05, 3.63) is 46.5 Å². The number of ether oxygens (including phenoxy) is 4. The molecule has 0 amide bonds. The fourth-order valence-electron chi connectivity index (χ4n) is 2.56. The second-order valence-electron chi connectivity index (χ2n) is 5.74. The normalized spacial score (nSPS) is 10.5. The average molecular weight is 433 g/mol. The Bertz CT molecular complexity index is 1000. The van der Waals surface area contributed by atoms with E-state index in [0.29, 0.717) is 52.0 Å². The molecule has 1 aromatic heterocycles. The number of benzene rings is 2. The van der Waals surface area contributed by atoms with Gasteiger partial charge in [-0.2, -0.15) is 0 Å². The molecule has 30 heavy (non-hydrogen) atoms. The van der Waals surface area contributed by atoms with Gasteiger partial charge in [-0.3, -0.25) is 10.1 Å². The van der Waals surface area contributed by atoms with Gasteiger partial charge in [0.15, 0.2) is 11.5 Å². The van der Waals surface area contributed by atoms with Crippen molar-refractivity contribution in [3.8, 4) is 34.5 Å². The number of hydrogen-bond donors (Lipinski definition) is 0. The van der Waals surface area contributed by atoms with Gasteiger partial charge in [0.1, 0.15) is 5.75 Å². The first kappa shape index (κ1) is 21.2. The molecule has 2 aromatic carbocycles. The Morgan fingerprint density at radius 3 is 2.43 bits per heavy atom. The van der Waals surface area contributed by atoms with Crippen LogP contribution in [-0.2, 0) is 0 Å². The van der Waals surface area contributed by atoms with Gasteiger partial charge in [-0.25, -0.2) is 0 Å². The number of nitro benzene ring substituents is 1. The Hall–Kier alpha value is -3.47. The Morgan fingerprint density at radius 2 is 1.80 bits per heavy atom. The van der Waals surface area contributed by atoms with Crippen LogP contribution in [0.4, 0.5) is 5.69 Å². The zero-order valence-electron chi connectivity index (χ0n) is 16.5. The van der Waals surface area contributed by atoms with Gasteiger partial charge < -0.3 is 23.4 Å². The fourth-order valence-corrected chi connectivity index (χ4v) is 3.14. The van der Waals surface area contributed by atoms with Gasteiger partial charge in [-0.1, -0.05) is 17.8 Å². The highest BCUT2D eigenvalue weighted by Crippen LogP contribution is 2.41. The summed E-state index contributed by atoms with van der Waals surface area (Å²) < 4.78 is 27.2. The second kappa shape index (κ2) is 9.83. The lowest BCUT2D eigenvalue weighted by Gasteiger charge is -2.12. The zero-order chi connectivity index (χ0) is 21.5. The molecule has 0 fully saturated rings. The quantitative estimate of drug-likeness (QED) is 0.202. The standard InChI is InChI=1S/C19H19N3O7S/c1-25-15-9-12(10-16(26-2)17(15)27-3)18-20-21-19(29-18)30-8-7-28-14-6-4-5-13(11-14)22(23)24/h4-6,9-11H,7-8H2,1-3H3. The predicted octanol–water partition coefficient (Wildman–Crippen LogP) is 3.84. The first-order chi connectivity index (χ1) is 14.5. The summed E-state index contributed by atoms with van der Waals surface area (Å²) in [4.78, 5) is 10.3. The molecule has 0 spiro atoms. The number of methoxy groups -OCH3 is 3. The number of non-ortho nitro benzene ring substituents is 1. The van der Waals surface area contributed by atoms with Crippen molar-refractivity contribution in [1.82, 2.24) is 10.2 Å². The lowest BCUT2D eigenvalue weighted by Crippen LogP contribution is -2.00. The molecule has 0 atom stereocenters. The molecule has 1 heterocycles. The molecule has 10 nitrogen and oxygen atoms in total. The van der Waals surface area contributed by atoms with Gasteiger partial charge in [-0.15, -0.1) is 10.2 Å². The van der Waals surface area contributed by atoms with Crippen molar-refractivity contribution in [1.29, 1.82) is 0 Å². The Balaban J connectivity index is 1.62. The number of nitrogens with zero attached hydrogens (tertiary/aromatic N) is 3. The summed E-state index contributed by atoms with van der Waals surface area (Å²) in [5, 5.41) is 19.2. The summed E-state index contributed by atoms with van der Waals surface area (Å²) in [6.07, 6.45) is 0. The van der Waals surface area contributed by atoms with Gasteiger partial charge in [0.2, 0.25) is 11.6 Å². The summed E-state index contributed by atoms with van der Waals surface area (Å²) in [5.41, 5.74) is 0.601. The van der Waals surface area contributed by atoms with E-state index >= 15 is 0 Å². The molecule has 0 saturated heterocycles. The Labute approximate surface area is 176 Å². The fraction of sp³-hybridized carbons (Fsp3) is 0.263. The zero-order valence-corrected chi connectivity index (χ0v) is 17.3. The van der Waals surface area contributed by atoms with Crippen molar-refractivity contribution in [2.45, 2.75) is 5.22 Å². The Kier molecular flexibility index (Phi) is 6.96. The summed E-state index contributed by atoms with van der Waals surface area (Å²) in [6, 6.07) is 9.45. The molecule has 0 aliphatic heterocycles. The van der Waals surface area contributed by atoms with E-state index < -0.39 is 4.92 Å². The maximum Gasteiger partial charge on any atom is 0.276 e. The minimum atomic E-state index is -0.468. The van der Waals surface area contributed by atoms with Crippen LogP contribution in [0.15, 0.2) is 46.0 Å². The lowest BCUT2D eigenvalue weighted by atomic mass is 10.2. The molecule has 0 aliphatic carbocycles. The highest BCUT2D eigenvalue weighted by Gasteiger charge is 2.17. The van der Waals surface area contributed by atoms with Crippen molar-refractivity contribution < 1.29 is 28.3 Å². The van der Waals surface area contributed by atoms with E-state index in [1.165, 1.54) is 45.2 Å². The van der Waals surface area contributed by atoms with E-state index in [0.717, 1.165) is 0 Å². The van der Waals surface area contributed by atoms with Crippen molar-refractivity contribution in [2.75, 3.05) is 33.7 Å². The van der Waals surface area contributed by atoms with Crippen LogP contribution in [0.5, 0.6) is 23.0 Å². The maximum atomic E-state index is 10.8. The third kappa shape index (κ3) is 4.92. The van der Waals surface area contributed by atoms with Crippen molar-refractivity contribution in [3.63, 3.8) is 0 Å². The molecular formula is C19H19N3O7S. The predicted molar refractivity (Wildman–Crippen MR) is 109 cm³/mol. The third-order valence-electron chi connectivity index (χ3n) is 3.92. The molecule has 3 rings (SSSR count). The third-order valence-corrected chi connectivity index (χ3v) is 4.71. The lowest BCUT2D eigenvalue weighted by molar-refractivity contribution is -0.384. The van der Waals surface area contributed by atoms with Crippen LogP contribution < -0.4 is 18.9 Å². The summed E-state index contributed by atoms with van der Waals surface area (Å²) in [5.74, 6) is 2.66. The number of thioether (sulfide) groups is 1. The highest BCUT2D eigenvalue weighted by atomic mass is 32.2. The summed E-state index contributed by atoms with van der Waals surface area (Å²) in [7, 11) is 4.58. The monoisotopic (exact) mass is 433 g/mol. The SMILES string of the molecule is COc1cc(-c2nnc(SCCOc3cccc([N+](=O)[O-])c3)o2)cc(OC)c1OC. The van der Waals surface area contributed by atoms with Crippen LogP contribution in [0.2, 0.25) is 0 Å². The molecule has 158 valence electrons. The van der Waals surface area contributed by atoms with E-state index in [-0.39, 0.29) is 5.69 Å². The topological polar surface area (TPSA) is 119 Å². The molecule has 0 aliphatic rings. The van der Waals surface area contributed by atoms with Crippen LogP contribution in [0.3, 0.4) is 0 Å². The smallest absolute Gasteiger partial charge is 0.276 e. The molecule has 0 bridgehead atoms. The molecular weight excluding hydrogens is 414 g/mol. The van der Waals surface area contributed by atoms with Crippen LogP contribution in [-0.4, -0.2) is 48.8 Å². The van der Waals surface area contributed by atoms with Crippen LogP contribution in [0.25, 0.3) is 11.5 Å². The Morgan fingerprint density at radius 1 is 1.07 bits per heavy atom.